The van der Waals surface area contributed by atoms with E-state index >= 15 is 0 Å². The minimum Gasteiger partial charge on any atom is -0.477 e. The third-order valence-corrected chi connectivity index (χ3v) is 7.05. The molecule has 1 N–H and O–H groups in total. The number of carbonyl (C=O) groups is 1. The number of rotatable bonds is 3. The average molecular weight is 318 g/mol. The minimum absolute atomic E-state index is 0.131. The maximum absolute atomic E-state index is 11.5. The van der Waals surface area contributed by atoms with Crippen LogP contribution in [0.3, 0.4) is 0 Å². The van der Waals surface area contributed by atoms with Crippen LogP contribution in [0.4, 0.5) is 0 Å². The Morgan fingerprint density at radius 1 is 1.18 bits per heavy atom. The van der Waals surface area contributed by atoms with Gasteiger partial charge < -0.3 is 9.67 Å². The van der Waals surface area contributed by atoms with Gasteiger partial charge in [0.05, 0.1) is 5.54 Å². The fraction of sp³-hybridized carbons (Fsp3) is 0.765. The van der Waals surface area contributed by atoms with Crippen LogP contribution in [0.15, 0.2) is 10.4 Å². The summed E-state index contributed by atoms with van der Waals surface area (Å²) in [5, 5.41) is 11.2. The summed E-state index contributed by atoms with van der Waals surface area (Å²) < 4.78 is 2.02. The van der Waals surface area contributed by atoms with E-state index in [2.05, 4.69) is 0 Å². The van der Waals surface area contributed by atoms with Crippen LogP contribution in [0.25, 0.3) is 0 Å². The normalized spacial score (nSPS) is 40.4. The van der Waals surface area contributed by atoms with Crippen molar-refractivity contribution in [3.05, 3.63) is 15.9 Å². The number of hydrogen-bond donors (Lipinski definition) is 1. The second-order valence-electron chi connectivity index (χ2n) is 8.06. The van der Waals surface area contributed by atoms with Crippen molar-refractivity contribution in [1.82, 2.24) is 4.57 Å². The number of hydrogen-bond acceptors (Lipinski definition) is 3. The van der Waals surface area contributed by atoms with Crippen molar-refractivity contribution in [2.45, 2.75) is 62.9 Å². The average Bonchev–Trinajstić information content (AvgIpc) is 3.18. The lowest BCUT2D eigenvalue weighted by Gasteiger charge is -2.54. The number of carboxylic acids is 1. The second-order valence-corrected chi connectivity index (χ2v) is 8.90. The van der Waals surface area contributed by atoms with Crippen molar-refractivity contribution < 1.29 is 9.90 Å². The predicted molar refractivity (Wildman–Crippen MR) is 84.0 cm³/mol. The van der Waals surface area contributed by atoms with E-state index in [0.29, 0.717) is 11.7 Å². The molecule has 0 aromatic carbocycles. The van der Waals surface area contributed by atoms with Gasteiger partial charge in [-0.1, -0.05) is 0 Å². The molecule has 0 atom stereocenters. The molecule has 6 rings (SSSR count). The highest BCUT2D eigenvalue weighted by Gasteiger charge is 2.51. The van der Waals surface area contributed by atoms with E-state index < -0.39 is 5.97 Å². The molecule has 5 saturated carbocycles. The fourth-order valence-corrected chi connectivity index (χ4v) is 6.69. The second kappa shape index (κ2) is 4.47. The summed E-state index contributed by atoms with van der Waals surface area (Å²) in [5.74, 6) is 1.82. The van der Waals surface area contributed by atoms with Gasteiger partial charge in [-0.15, -0.1) is 11.3 Å². The van der Waals surface area contributed by atoms with Crippen molar-refractivity contribution in [2.24, 2.45) is 22.7 Å². The molecule has 5 fully saturated rings. The first-order valence-corrected chi connectivity index (χ1v) is 9.49. The highest BCUT2D eigenvalue weighted by atomic mass is 32.1. The van der Waals surface area contributed by atoms with Gasteiger partial charge in [0.2, 0.25) is 0 Å². The van der Waals surface area contributed by atoms with Crippen molar-refractivity contribution >= 4 is 17.3 Å². The molecule has 1 aromatic rings. The Morgan fingerprint density at radius 3 is 2.27 bits per heavy atom. The molecule has 1 heterocycles. The summed E-state index contributed by atoms with van der Waals surface area (Å²) in [6, 6.07) is 0.380. The SMILES string of the molecule is O=C(O)c1csc(=NC23CC4CC(CC(C4)C2)C3)n1C1CC1. The van der Waals surface area contributed by atoms with Crippen molar-refractivity contribution in [1.29, 1.82) is 0 Å². The van der Waals surface area contributed by atoms with Crippen LogP contribution < -0.4 is 4.80 Å². The number of aromatic nitrogens is 1. The van der Waals surface area contributed by atoms with Crippen LogP contribution in [-0.2, 0) is 0 Å². The molecule has 0 saturated heterocycles. The Labute approximate surface area is 133 Å². The summed E-state index contributed by atoms with van der Waals surface area (Å²) >= 11 is 1.54. The van der Waals surface area contributed by atoms with Crippen LogP contribution in [-0.4, -0.2) is 21.2 Å². The molecule has 5 aliphatic rings. The highest BCUT2D eigenvalue weighted by molar-refractivity contribution is 7.07. The predicted octanol–water partition coefficient (Wildman–Crippen LogP) is 3.45. The van der Waals surface area contributed by atoms with E-state index in [0.717, 1.165) is 35.4 Å². The Balaban J connectivity index is 1.59. The van der Waals surface area contributed by atoms with E-state index in [-0.39, 0.29) is 5.54 Å². The molecule has 0 radical (unpaired) electrons. The molecule has 0 aliphatic heterocycles. The van der Waals surface area contributed by atoms with Crippen LogP contribution in [0, 0.1) is 17.8 Å². The van der Waals surface area contributed by atoms with Crippen LogP contribution in [0.2, 0.25) is 0 Å². The number of thiazole rings is 1. The molecule has 0 unspecified atom stereocenters. The van der Waals surface area contributed by atoms with Gasteiger partial charge >= 0.3 is 5.97 Å². The Morgan fingerprint density at radius 2 is 1.77 bits per heavy atom. The van der Waals surface area contributed by atoms with E-state index in [1.807, 2.05) is 4.57 Å². The first kappa shape index (κ1) is 13.3. The van der Waals surface area contributed by atoms with Crippen LogP contribution >= 0.6 is 11.3 Å². The number of nitrogens with zero attached hydrogens (tertiary/aromatic N) is 2. The van der Waals surface area contributed by atoms with E-state index in [1.54, 1.807) is 5.38 Å². The zero-order chi connectivity index (χ0) is 14.9. The third-order valence-electron chi connectivity index (χ3n) is 6.21. The zero-order valence-electron chi connectivity index (χ0n) is 12.7. The fourth-order valence-electron chi connectivity index (χ4n) is 5.65. The van der Waals surface area contributed by atoms with Gasteiger partial charge in [0.1, 0.15) is 5.69 Å². The number of carboxylic acid groups (broad SMARTS) is 1. The standard InChI is InChI=1S/C17H22N2O2S/c20-15(21)14-9-22-16(19(14)13-1-2-13)18-17-6-10-3-11(7-17)5-12(4-10)8-17/h9-13H,1-8H2,(H,20,21). The molecule has 5 aliphatic carbocycles. The molecular formula is C17H22N2O2S. The Kier molecular flexibility index (Phi) is 2.71. The van der Waals surface area contributed by atoms with Gasteiger partial charge in [-0.25, -0.2) is 4.79 Å². The lowest BCUT2D eigenvalue weighted by Crippen LogP contribution is -2.50. The first-order chi connectivity index (χ1) is 10.6. The zero-order valence-corrected chi connectivity index (χ0v) is 13.5. The molecule has 22 heavy (non-hydrogen) atoms. The van der Waals surface area contributed by atoms with E-state index in [1.165, 1.54) is 49.9 Å². The number of aromatic carboxylic acids is 1. The largest absolute Gasteiger partial charge is 0.477 e. The van der Waals surface area contributed by atoms with Gasteiger partial charge in [0.15, 0.2) is 4.80 Å². The minimum atomic E-state index is -0.810. The summed E-state index contributed by atoms with van der Waals surface area (Å²) in [5.41, 5.74) is 0.572. The monoisotopic (exact) mass is 318 g/mol. The maximum atomic E-state index is 11.5. The van der Waals surface area contributed by atoms with Crippen molar-refractivity contribution in [3.8, 4) is 0 Å². The molecule has 5 heteroatoms. The molecule has 4 bridgehead atoms. The molecule has 118 valence electrons. The van der Waals surface area contributed by atoms with Crippen molar-refractivity contribution in [3.63, 3.8) is 0 Å². The summed E-state index contributed by atoms with van der Waals surface area (Å²) in [6.07, 6.45) is 10.2. The lowest BCUT2D eigenvalue weighted by molar-refractivity contribution is -0.000434. The Bertz CT molecular complexity index is 662. The van der Waals surface area contributed by atoms with Gasteiger partial charge in [-0.2, -0.15) is 0 Å². The smallest absolute Gasteiger partial charge is 0.353 e. The molecule has 4 nitrogen and oxygen atoms in total. The summed E-state index contributed by atoms with van der Waals surface area (Å²) in [6.45, 7) is 0. The highest BCUT2D eigenvalue weighted by Crippen LogP contribution is 2.57. The van der Waals surface area contributed by atoms with Gasteiger partial charge in [0.25, 0.3) is 0 Å². The van der Waals surface area contributed by atoms with Gasteiger partial charge in [-0.3, -0.25) is 4.99 Å². The molecule has 0 amide bonds. The maximum Gasteiger partial charge on any atom is 0.353 e. The topological polar surface area (TPSA) is 54.6 Å². The van der Waals surface area contributed by atoms with Gasteiger partial charge in [-0.05, 0) is 69.1 Å². The molecule has 1 aromatic heterocycles. The summed E-state index contributed by atoms with van der Waals surface area (Å²) in [7, 11) is 0. The quantitative estimate of drug-likeness (QED) is 0.928. The van der Waals surface area contributed by atoms with Crippen LogP contribution in [0.5, 0.6) is 0 Å². The molecule has 0 spiro atoms. The Hall–Kier alpha value is -1.10. The van der Waals surface area contributed by atoms with Crippen LogP contribution in [0.1, 0.15) is 67.9 Å². The molecular weight excluding hydrogens is 296 g/mol. The lowest BCUT2D eigenvalue weighted by atomic mass is 9.53. The summed E-state index contributed by atoms with van der Waals surface area (Å²) in [4.78, 5) is 17.7. The van der Waals surface area contributed by atoms with Crippen molar-refractivity contribution in [2.75, 3.05) is 0 Å². The van der Waals surface area contributed by atoms with Gasteiger partial charge in [0, 0.05) is 11.4 Å². The van der Waals surface area contributed by atoms with E-state index in [4.69, 9.17) is 4.99 Å². The van der Waals surface area contributed by atoms with E-state index in [9.17, 15) is 9.90 Å². The third kappa shape index (κ3) is 2.01. The first-order valence-electron chi connectivity index (χ1n) is 8.61.